The van der Waals surface area contributed by atoms with Gasteiger partial charge in [-0.05, 0) is 54.5 Å². The van der Waals surface area contributed by atoms with E-state index in [1.165, 1.54) is 5.56 Å². The second-order valence-electron chi connectivity index (χ2n) is 4.38. The predicted octanol–water partition coefficient (Wildman–Crippen LogP) is 4.34. The number of aryl methyl sites for hydroxylation is 1. The molecule has 4 heteroatoms. The number of hydrogen-bond acceptors (Lipinski definition) is 3. The van der Waals surface area contributed by atoms with Gasteiger partial charge < -0.3 is 11.5 Å². The zero-order valence-corrected chi connectivity index (χ0v) is 13.0. The van der Waals surface area contributed by atoms with Crippen LogP contribution < -0.4 is 11.5 Å². The summed E-state index contributed by atoms with van der Waals surface area (Å²) in [5.41, 5.74) is 14.6. The summed E-state index contributed by atoms with van der Waals surface area (Å²) in [6.45, 7) is 0. The molecule has 2 aromatic carbocycles. The van der Waals surface area contributed by atoms with Gasteiger partial charge >= 0.3 is 0 Å². The van der Waals surface area contributed by atoms with Crippen molar-refractivity contribution in [2.75, 3.05) is 17.2 Å². The van der Waals surface area contributed by atoms with Gasteiger partial charge in [0.2, 0.25) is 0 Å². The number of nitrogen functional groups attached to an aromatic ring is 2. The molecule has 2 rings (SSSR count). The Morgan fingerprint density at radius 2 is 1.74 bits per heavy atom. The van der Waals surface area contributed by atoms with E-state index < -0.39 is 0 Å². The molecule has 0 aliphatic heterocycles. The summed E-state index contributed by atoms with van der Waals surface area (Å²) >= 11 is 5.22. The normalized spacial score (nSPS) is 10.6. The Bertz CT molecular complexity index is 540. The van der Waals surface area contributed by atoms with Gasteiger partial charge in [-0.2, -0.15) is 0 Å². The van der Waals surface area contributed by atoms with E-state index in [4.69, 9.17) is 11.5 Å². The van der Waals surface area contributed by atoms with Crippen LogP contribution in [0.2, 0.25) is 0 Å². The maximum atomic E-state index is 5.97. The summed E-state index contributed by atoms with van der Waals surface area (Å²) in [6.07, 6.45) is 2.20. The minimum Gasteiger partial charge on any atom is -0.399 e. The highest BCUT2D eigenvalue weighted by atomic mass is 79.9. The highest BCUT2D eigenvalue weighted by Crippen LogP contribution is 2.28. The highest BCUT2D eigenvalue weighted by Gasteiger charge is 2.01. The smallest absolute Gasteiger partial charge is 0.0463 e. The van der Waals surface area contributed by atoms with Crippen LogP contribution in [0.5, 0.6) is 0 Å². The summed E-state index contributed by atoms with van der Waals surface area (Å²) < 4.78 is 1.02. The van der Waals surface area contributed by atoms with Crippen molar-refractivity contribution < 1.29 is 0 Å². The van der Waals surface area contributed by atoms with Crippen molar-refractivity contribution in [1.29, 1.82) is 0 Å². The first-order valence-electron chi connectivity index (χ1n) is 6.17. The first kappa shape index (κ1) is 14.3. The average molecular weight is 337 g/mol. The topological polar surface area (TPSA) is 52.0 Å². The fourth-order valence-electron chi connectivity index (χ4n) is 1.79. The van der Waals surface area contributed by atoms with Gasteiger partial charge in [0, 0.05) is 20.7 Å². The van der Waals surface area contributed by atoms with Gasteiger partial charge in [-0.25, -0.2) is 0 Å². The number of anilines is 2. The van der Waals surface area contributed by atoms with Crippen LogP contribution in [0.25, 0.3) is 0 Å². The van der Waals surface area contributed by atoms with E-state index in [1.54, 1.807) is 0 Å². The Morgan fingerprint density at radius 1 is 1.00 bits per heavy atom. The molecule has 100 valence electrons. The summed E-state index contributed by atoms with van der Waals surface area (Å²) in [5, 5.41) is 0. The van der Waals surface area contributed by atoms with Gasteiger partial charge in [0.15, 0.2) is 0 Å². The van der Waals surface area contributed by atoms with Crippen LogP contribution >= 0.6 is 27.7 Å². The van der Waals surface area contributed by atoms with Crippen LogP contribution in [-0.4, -0.2) is 5.75 Å². The third kappa shape index (κ3) is 4.48. The lowest BCUT2D eigenvalue weighted by molar-refractivity contribution is 0.933. The Morgan fingerprint density at radius 3 is 2.42 bits per heavy atom. The Hall–Kier alpha value is -1.13. The number of halogens is 1. The maximum absolute atomic E-state index is 5.97. The van der Waals surface area contributed by atoms with E-state index in [9.17, 15) is 0 Å². The minimum absolute atomic E-state index is 0.820. The van der Waals surface area contributed by atoms with Crippen molar-refractivity contribution in [1.82, 2.24) is 0 Å². The molecule has 0 saturated heterocycles. The van der Waals surface area contributed by atoms with Crippen molar-refractivity contribution in [3.05, 3.63) is 52.5 Å². The number of thioether (sulfide) groups is 1. The molecule has 0 aliphatic rings. The number of nitrogens with two attached hydrogens (primary N) is 2. The van der Waals surface area contributed by atoms with E-state index >= 15 is 0 Å². The third-order valence-electron chi connectivity index (χ3n) is 2.82. The number of hydrogen-bond donors (Lipinski definition) is 2. The molecule has 0 bridgehead atoms. The first-order chi connectivity index (χ1) is 9.15. The molecule has 0 atom stereocenters. The van der Waals surface area contributed by atoms with Gasteiger partial charge in [0.25, 0.3) is 0 Å². The van der Waals surface area contributed by atoms with Crippen molar-refractivity contribution in [3.63, 3.8) is 0 Å². The van der Waals surface area contributed by atoms with Gasteiger partial charge in [0.05, 0.1) is 0 Å². The molecule has 0 saturated carbocycles. The lowest BCUT2D eigenvalue weighted by Crippen LogP contribution is -1.92. The summed E-state index contributed by atoms with van der Waals surface area (Å²) in [4.78, 5) is 1.15. The maximum Gasteiger partial charge on any atom is 0.0463 e. The highest BCUT2D eigenvalue weighted by molar-refractivity contribution is 9.10. The van der Waals surface area contributed by atoms with Gasteiger partial charge in [-0.1, -0.05) is 28.1 Å². The molecule has 0 heterocycles. The second kappa shape index (κ2) is 6.87. The Kier molecular flexibility index (Phi) is 5.16. The molecule has 2 nitrogen and oxygen atoms in total. The molecule has 19 heavy (non-hydrogen) atoms. The zero-order valence-electron chi connectivity index (χ0n) is 10.6. The molecule has 0 aliphatic carbocycles. The molecule has 2 aromatic rings. The number of benzene rings is 2. The zero-order chi connectivity index (χ0) is 13.7. The molecule has 0 fully saturated rings. The lowest BCUT2D eigenvalue weighted by atomic mass is 10.1. The SMILES string of the molecule is Nc1ccc(CCCSc2ccc(Br)cc2N)cc1. The molecule has 4 N–H and O–H groups in total. The van der Waals surface area contributed by atoms with Crippen LogP contribution in [0, 0.1) is 0 Å². The van der Waals surface area contributed by atoms with Crippen LogP contribution in [0.15, 0.2) is 51.8 Å². The summed E-state index contributed by atoms with van der Waals surface area (Å²) in [6, 6.07) is 14.1. The van der Waals surface area contributed by atoms with Crippen LogP contribution in [0.3, 0.4) is 0 Å². The van der Waals surface area contributed by atoms with Crippen molar-refractivity contribution in [3.8, 4) is 0 Å². The van der Waals surface area contributed by atoms with Crippen molar-refractivity contribution in [2.24, 2.45) is 0 Å². The van der Waals surface area contributed by atoms with E-state index in [-0.39, 0.29) is 0 Å². The van der Waals surface area contributed by atoms with Crippen LogP contribution in [0.1, 0.15) is 12.0 Å². The molecule has 0 unspecified atom stereocenters. The fourth-order valence-corrected chi connectivity index (χ4v) is 3.07. The van der Waals surface area contributed by atoms with E-state index in [2.05, 4.69) is 34.1 Å². The Balaban J connectivity index is 1.79. The molecule has 0 amide bonds. The second-order valence-corrected chi connectivity index (χ2v) is 6.43. The first-order valence-corrected chi connectivity index (χ1v) is 7.95. The van der Waals surface area contributed by atoms with E-state index in [1.807, 2.05) is 36.0 Å². The summed E-state index contributed by atoms with van der Waals surface area (Å²) in [7, 11) is 0. The van der Waals surface area contributed by atoms with Crippen molar-refractivity contribution in [2.45, 2.75) is 17.7 Å². The summed E-state index contributed by atoms with van der Waals surface area (Å²) in [5.74, 6) is 1.07. The quantitative estimate of drug-likeness (QED) is 0.485. The standard InChI is InChI=1S/C15H17BrN2S/c16-12-5-8-15(14(18)10-12)19-9-1-2-11-3-6-13(17)7-4-11/h3-8,10H,1-2,9,17-18H2. The molecule has 0 spiro atoms. The van der Waals surface area contributed by atoms with E-state index in [0.29, 0.717) is 0 Å². The monoisotopic (exact) mass is 336 g/mol. The molecular formula is C15H17BrN2S. The fraction of sp³-hybridized carbons (Fsp3) is 0.200. The minimum atomic E-state index is 0.820. The van der Waals surface area contributed by atoms with E-state index in [0.717, 1.165) is 39.3 Å². The third-order valence-corrected chi connectivity index (χ3v) is 4.49. The van der Waals surface area contributed by atoms with Crippen LogP contribution in [-0.2, 0) is 6.42 Å². The average Bonchev–Trinajstić information content (AvgIpc) is 2.39. The van der Waals surface area contributed by atoms with Gasteiger partial charge in [-0.3, -0.25) is 0 Å². The molecular weight excluding hydrogens is 320 g/mol. The lowest BCUT2D eigenvalue weighted by Gasteiger charge is -2.06. The largest absolute Gasteiger partial charge is 0.399 e. The predicted molar refractivity (Wildman–Crippen MR) is 88.5 cm³/mol. The number of rotatable bonds is 5. The van der Waals surface area contributed by atoms with Crippen molar-refractivity contribution >= 4 is 39.1 Å². The van der Waals surface area contributed by atoms with Gasteiger partial charge in [0.1, 0.15) is 0 Å². The van der Waals surface area contributed by atoms with Gasteiger partial charge in [-0.15, -0.1) is 11.8 Å². The van der Waals surface area contributed by atoms with Crippen LogP contribution in [0.4, 0.5) is 11.4 Å². The molecule has 0 aromatic heterocycles. The Labute approximate surface area is 126 Å². The molecule has 0 radical (unpaired) electrons.